The zero-order valence-electron chi connectivity index (χ0n) is 10.2. The van der Waals surface area contributed by atoms with Gasteiger partial charge >= 0.3 is 0 Å². The molecule has 0 spiro atoms. The molecular formula is C13H16ClNO2. The number of para-hydroxylation sites is 1. The third-order valence-corrected chi connectivity index (χ3v) is 3.39. The van der Waals surface area contributed by atoms with E-state index in [2.05, 4.69) is 0 Å². The second kappa shape index (κ2) is 4.33. The van der Waals surface area contributed by atoms with E-state index in [9.17, 15) is 0 Å². The Labute approximate surface area is 105 Å². The number of furan rings is 1. The molecule has 1 unspecified atom stereocenters. The van der Waals surface area contributed by atoms with E-state index in [4.69, 9.17) is 26.5 Å². The van der Waals surface area contributed by atoms with Crippen LogP contribution in [0.1, 0.15) is 25.6 Å². The lowest BCUT2D eigenvalue weighted by Crippen LogP contribution is -2.36. The monoisotopic (exact) mass is 253 g/mol. The maximum absolute atomic E-state index is 6.14. The van der Waals surface area contributed by atoms with Crippen molar-refractivity contribution in [3.05, 3.63) is 35.0 Å². The van der Waals surface area contributed by atoms with Gasteiger partial charge in [0.15, 0.2) is 5.58 Å². The summed E-state index contributed by atoms with van der Waals surface area (Å²) in [4.78, 5) is 0. The molecule has 1 atom stereocenters. The first-order valence-corrected chi connectivity index (χ1v) is 5.82. The van der Waals surface area contributed by atoms with E-state index in [-0.39, 0.29) is 6.04 Å². The number of benzene rings is 1. The van der Waals surface area contributed by atoms with Crippen LogP contribution in [0.3, 0.4) is 0 Å². The van der Waals surface area contributed by atoms with Gasteiger partial charge in [-0.25, -0.2) is 0 Å². The SMILES string of the molecule is COC(C)(C)C(N)c1cc2cccc(Cl)c2o1. The van der Waals surface area contributed by atoms with Gasteiger partial charge in [-0.3, -0.25) is 0 Å². The summed E-state index contributed by atoms with van der Waals surface area (Å²) >= 11 is 6.06. The Kier molecular flexibility index (Phi) is 3.17. The van der Waals surface area contributed by atoms with Gasteiger partial charge in [0, 0.05) is 12.5 Å². The smallest absolute Gasteiger partial charge is 0.152 e. The molecule has 2 rings (SSSR count). The van der Waals surface area contributed by atoms with Crippen LogP contribution in [0, 0.1) is 0 Å². The highest BCUT2D eigenvalue weighted by Crippen LogP contribution is 2.33. The Morgan fingerprint density at radius 1 is 1.41 bits per heavy atom. The average molecular weight is 254 g/mol. The zero-order valence-corrected chi connectivity index (χ0v) is 10.9. The first-order valence-electron chi connectivity index (χ1n) is 5.44. The van der Waals surface area contributed by atoms with E-state index in [1.54, 1.807) is 13.2 Å². The highest BCUT2D eigenvalue weighted by atomic mass is 35.5. The Morgan fingerprint density at radius 3 is 2.71 bits per heavy atom. The molecule has 17 heavy (non-hydrogen) atoms. The highest BCUT2D eigenvalue weighted by Gasteiger charge is 2.30. The molecule has 0 aliphatic heterocycles. The highest BCUT2D eigenvalue weighted by molar-refractivity contribution is 6.34. The van der Waals surface area contributed by atoms with Gasteiger partial charge in [-0.05, 0) is 26.0 Å². The van der Waals surface area contributed by atoms with E-state index < -0.39 is 5.60 Å². The van der Waals surface area contributed by atoms with Crippen molar-refractivity contribution < 1.29 is 9.15 Å². The minimum atomic E-state index is -0.486. The van der Waals surface area contributed by atoms with Crippen LogP contribution in [0.15, 0.2) is 28.7 Å². The minimum absolute atomic E-state index is 0.337. The van der Waals surface area contributed by atoms with Crippen molar-refractivity contribution in [2.24, 2.45) is 5.73 Å². The quantitative estimate of drug-likeness (QED) is 0.911. The second-order valence-corrected chi connectivity index (χ2v) is 5.00. The molecule has 0 radical (unpaired) electrons. The molecular weight excluding hydrogens is 238 g/mol. The van der Waals surface area contributed by atoms with E-state index in [0.29, 0.717) is 16.4 Å². The summed E-state index contributed by atoms with van der Waals surface area (Å²) in [5.74, 6) is 0.681. The molecule has 0 bridgehead atoms. The summed E-state index contributed by atoms with van der Waals surface area (Å²) in [6.45, 7) is 3.85. The van der Waals surface area contributed by atoms with Crippen molar-refractivity contribution in [2.75, 3.05) is 7.11 Å². The van der Waals surface area contributed by atoms with E-state index in [1.165, 1.54) is 0 Å². The fourth-order valence-electron chi connectivity index (χ4n) is 1.67. The first kappa shape index (κ1) is 12.4. The topological polar surface area (TPSA) is 48.4 Å². The summed E-state index contributed by atoms with van der Waals surface area (Å²) in [6.07, 6.45) is 0. The Hall–Kier alpha value is -1.03. The fourth-order valence-corrected chi connectivity index (χ4v) is 1.89. The largest absolute Gasteiger partial charge is 0.458 e. The van der Waals surface area contributed by atoms with Crippen molar-refractivity contribution in [3.8, 4) is 0 Å². The number of nitrogens with two attached hydrogens (primary N) is 1. The number of fused-ring (bicyclic) bond motifs is 1. The predicted molar refractivity (Wildman–Crippen MR) is 69.2 cm³/mol. The van der Waals surface area contributed by atoms with Crippen LogP contribution in [0.5, 0.6) is 0 Å². The fraction of sp³-hybridized carbons (Fsp3) is 0.385. The number of rotatable bonds is 3. The van der Waals surface area contributed by atoms with Crippen molar-refractivity contribution in [1.29, 1.82) is 0 Å². The van der Waals surface area contributed by atoms with Crippen LogP contribution in [-0.4, -0.2) is 12.7 Å². The number of ether oxygens (including phenoxy) is 1. The molecule has 4 heteroatoms. The third-order valence-electron chi connectivity index (χ3n) is 3.10. The van der Waals surface area contributed by atoms with Gasteiger partial charge in [0.1, 0.15) is 5.76 Å². The van der Waals surface area contributed by atoms with Crippen LogP contribution in [0.2, 0.25) is 5.02 Å². The maximum Gasteiger partial charge on any atom is 0.152 e. The number of halogens is 1. The Morgan fingerprint density at radius 2 is 2.12 bits per heavy atom. The van der Waals surface area contributed by atoms with Crippen LogP contribution < -0.4 is 5.73 Å². The molecule has 2 aromatic rings. The van der Waals surface area contributed by atoms with E-state index in [1.807, 2.05) is 32.0 Å². The molecule has 1 heterocycles. The molecule has 0 fully saturated rings. The van der Waals surface area contributed by atoms with Gasteiger partial charge < -0.3 is 14.9 Å². The van der Waals surface area contributed by atoms with Crippen molar-refractivity contribution in [1.82, 2.24) is 0 Å². The molecule has 0 amide bonds. The molecule has 0 saturated heterocycles. The van der Waals surface area contributed by atoms with E-state index in [0.717, 1.165) is 5.39 Å². The van der Waals surface area contributed by atoms with Gasteiger partial charge in [-0.15, -0.1) is 0 Å². The summed E-state index contributed by atoms with van der Waals surface area (Å²) in [6, 6.07) is 7.20. The maximum atomic E-state index is 6.14. The molecule has 3 nitrogen and oxygen atoms in total. The Bertz CT molecular complexity index is 533. The van der Waals surface area contributed by atoms with Gasteiger partial charge in [-0.2, -0.15) is 0 Å². The first-order chi connectivity index (χ1) is 7.95. The molecule has 1 aromatic carbocycles. The molecule has 0 aliphatic rings. The lowest BCUT2D eigenvalue weighted by molar-refractivity contribution is -0.00493. The third kappa shape index (κ3) is 2.18. The van der Waals surface area contributed by atoms with Gasteiger partial charge in [0.25, 0.3) is 0 Å². The van der Waals surface area contributed by atoms with Crippen molar-refractivity contribution in [3.63, 3.8) is 0 Å². The summed E-state index contributed by atoms with van der Waals surface area (Å²) in [5.41, 5.74) is 6.32. The standard InChI is InChI=1S/C13H16ClNO2/c1-13(2,16-3)12(15)10-7-8-5-4-6-9(14)11(8)17-10/h4-7,12H,15H2,1-3H3. The molecule has 2 N–H and O–H groups in total. The molecule has 1 aromatic heterocycles. The van der Waals surface area contributed by atoms with Gasteiger partial charge in [0.2, 0.25) is 0 Å². The lowest BCUT2D eigenvalue weighted by atomic mass is 9.97. The molecule has 92 valence electrons. The summed E-state index contributed by atoms with van der Waals surface area (Å²) in [5, 5.41) is 1.55. The lowest BCUT2D eigenvalue weighted by Gasteiger charge is -2.28. The van der Waals surface area contributed by atoms with Gasteiger partial charge in [-0.1, -0.05) is 23.7 Å². The van der Waals surface area contributed by atoms with Crippen LogP contribution >= 0.6 is 11.6 Å². The average Bonchev–Trinajstić information content (AvgIpc) is 2.73. The number of methoxy groups -OCH3 is 1. The van der Waals surface area contributed by atoms with Crippen LogP contribution in [-0.2, 0) is 4.74 Å². The zero-order chi connectivity index (χ0) is 12.6. The number of hydrogen-bond acceptors (Lipinski definition) is 3. The summed E-state index contributed by atoms with van der Waals surface area (Å²) in [7, 11) is 1.63. The normalized spacial score (nSPS) is 14.2. The van der Waals surface area contributed by atoms with E-state index >= 15 is 0 Å². The number of hydrogen-bond donors (Lipinski definition) is 1. The van der Waals surface area contributed by atoms with Crippen LogP contribution in [0.25, 0.3) is 11.0 Å². The summed E-state index contributed by atoms with van der Waals surface area (Å²) < 4.78 is 11.1. The second-order valence-electron chi connectivity index (χ2n) is 4.59. The van der Waals surface area contributed by atoms with Crippen molar-refractivity contribution >= 4 is 22.6 Å². The van der Waals surface area contributed by atoms with Crippen LogP contribution in [0.4, 0.5) is 0 Å². The molecule has 0 aliphatic carbocycles. The predicted octanol–water partition coefficient (Wildman–Crippen LogP) is 3.51. The minimum Gasteiger partial charge on any atom is -0.458 e. The Balaban J connectivity index is 2.47. The van der Waals surface area contributed by atoms with Gasteiger partial charge in [0.05, 0.1) is 16.7 Å². The van der Waals surface area contributed by atoms with Crippen molar-refractivity contribution in [2.45, 2.75) is 25.5 Å². The molecule has 0 saturated carbocycles.